The first-order chi connectivity index (χ1) is 12.4. The summed E-state index contributed by atoms with van der Waals surface area (Å²) in [5, 5.41) is 0.833. The number of halogens is 3. The molecule has 1 heterocycles. The minimum atomic E-state index is -1.23. The Morgan fingerprint density at radius 3 is 2.73 bits per heavy atom. The van der Waals surface area contributed by atoms with Gasteiger partial charge in [0.05, 0.1) is 6.54 Å². The summed E-state index contributed by atoms with van der Waals surface area (Å²) in [4.78, 5) is 1.90. The van der Waals surface area contributed by atoms with E-state index in [1.807, 2.05) is 61.4 Å². The average Bonchev–Trinajstić information content (AvgIpc) is 2.58. The zero-order valence-electron chi connectivity index (χ0n) is 14.6. The van der Waals surface area contributed by atoms with Gasteiger partial charge in [-0.3, -0.25) is 0 Å². The number of hydrogen-bond donors (Lipinski definition) is 0. The molecule has 0 saturated carbocycles. The molecular formula is C21H20Cl2FNO. The highest BCUT2D eigenvalue weighted by Gasteiger charge is 2.21. The molecule has 0 aliphatic carbocycles. The van der Waals surface area contributed by atoms with Crippen molar-refractivity contribution in [2.24, 2.45) is 0 Å². The molecule has 0 bridgehead atoms. The van der Waals surface area contributed by atoms with E-state index >= 15 is 0 Å². The van der Waals surface area contributed by atoms with Crippen LogP contribution in [0.15, 0.2) is 66.6 Å². The summed E-state index contributed by atoms with van der Waals surface area (Å²) >= 11 is 12.0. The second kappa shape index (κ2) is 8.15. The van der Waals surface area contributed by atoms with Crippen LogP contribution in [-0.2, 0) is 0 Å². The van der Waals surface area contributed by atoms with E-state index in [1.165, 1.54) is 0 Å². The lowest BCUT2D eigenvalue weighted by Gasteiger charge is -2.30. The van der Waals surface area contributed by atoms with Gasteiger partial charge >= 0.3 is 0 Å². The number of benzene rings is 2. The summed E-state index contributed by atoms with van der Waals surface area (Å²) in [5.74, 6) is 1.43. The molecule has 2 nitrogen and oxygen atoms in total. The van der Waals surface area contributed by atoms with Crippen LogP contribution in [-0.4, -0.2) is 17.5 Å². The molecule has 0 spiro atoms. The Balaban J connectivity index is 1.73. The Labute approximate surface area is 163 Å². The topological polar surface area (TPSA) is 12.5 Å². The van der Waals surface area contributed by atoms with Gasteiger partial charge in [0.1, 0.15) is 17.7 Å². The van der Waals surface area contributed by atoms with Gasteiger partial charge < -0.3 is 9.64 Å². The Morgan fingerprint density at radius 2 is 2.00 bits per heavy atom. The van der Waals surface area contributed by atoms with Gasteiger partial charge in [0, 0.05) is 27.9 Å². The summed E-state index contributed by atoms with van der Waals surface area (Å²) in [6.07, 6.45) is 4.50. The second-order valence-electron chi connectivity index (χ2n) is 6.38. The van der Waals surface area contributed by atoms with Crippen molar-refractivity contribution in [3.05, 3.63) is 87.7 Å². The highest BCUT2D eigenvalue weighted by Crippen LogP contribution is 2.30. The van der Waals surface area contributed by atoms with Crippen LogP contribution >= 0.6 is 23.2 Å². The largest absolute Gasteiger partial charge is 0.456 e. The van der Waals surface area contributed by atoms with Crippen LogP contribution in [0.5, 0.6) is 5.75 Å². The highest BCUT2D eigenvalue weighted by molar-refractivity contribution is 6.35. The van der Waals surface area contributed by atoms with Crippen molar-refractivity contribution in [2.45, 2.75) is 26.1 Å². The van der Waals surface area contributed by atoms with Crippen LogP contribution in [0, 0.1) is 6.92 Å². The number of nitrogens with zero attached hydrogens (tertiary/aromatic N) is 1. The van der Waals surface area contributed by atoms with Gasteiger partial charge in [0.15, 0.2) is 0 Å². The van der Waals surface area contributed by atoms with Gasteiger partial charge in [-0.2, -0.15) is 0 Å². The summed E-state index contributed by atoms with van der Waals surface area (Å²) in [6, 6.07) is 12.7. The molecule has 2 aromatic rings. The maximum Gasteiger partial charge on any atom is 0.144 e. The molecule has 0 aromatic heterocycles. The fraction of sp³-hybridized carbons (Fsp3) is 0.238. The lowest BCUT2D eigenvalue weighted by Crippen LogP contribution is -2.32. The van der Waals surface area contributed by atoms with Gasteiger partial charge in [-0.15, -0.1) is 0 Å². The zero-order valence-corrected chi connectivity index (χ0v) is 16.1. The molecule has 2 unspecified atom stereocenters. The number of ether oxygens (including phenoxy) is 1. The minimum absolute atomic E-state index is 0.0594. The van der Waals surface area contributed by atoms with Crippen LogP contribution in [0.3, 0.4) is 0 Å². The Hall–Kier alpha value is -1.97. The molecule has 0 radical (unpaired) electrons. The standard InChI is InChI=1S/C21H20Cl2FNO/c1-14-4-3-5-17(10-14)26-18-8-6-15(2)25(12-18)13-21(24)19-9-7-16(22)11-20(19)23/h3-12,15,21H,13H2,1-2H3. The SMILES string of the molecule is Cc1cccc(OC2=CN(CC(F)c3ccc(Cl)cc3Cl)C(C)C=C2)c1. The van der Waals surface area contributed by atoms with E-state index in [9.17, 15) is 4.39 Å². The van der Waals surface area contributed by atoms with Crippen molar-refractivity contribution >= 4 is 23.2 Å². The number of allylic oxidation sites excluding steroid dienone is 1. The minimum Gasteiger partial charge on any atom is -0.456 e. The lowest BCUT2D eigenvalue weighted by molar-refractivity contribution is 0.216. The first kappa shape index (κ1) is 18.8. The molecule has 0 fully saturated rings. The fourth-order valence-electron chi connectivity index (χ4n) is 2.80. The normalized spacial score (nSPS) is 17.8. The predicted molar refractivity (Wildman–Crippen MR) is 106 cm³/mol. The third-order valence-corrected chi connectivity index (χ3v) is 4.81. The lowest BCUT2D eigenvalue weighted by atomic mass is 10.1. The Morgan fingerprint density at radius 1 is 1.19 bits per heavy atom. The predicted octanol–water partition coefficient (Wildman–Crippen LogP) is 6.49. The van der Waals surface area contributed by atoms with E-state index in [1.54, 1.807) is 18.2 Å². The van der Waals surface area contributed by atoms with Gasteiger partial charge in [-0.25, -0.2) is 4.39 Å². The van der Waals surface area contributed by atoms with Crippen LogP contribution in [0.1, 0.15) is 24.2 Å². The zero-order chi connectivity index (χ0) is 18.7. The summed E-state index contributed by atoms with van der Waals surface area (Å²) in [5.41, 5.74) is 1.56. The second-order valence-corrected chi connectivity index (χ2v) is 7.22. The van der Waals surface area contributed by atoms with E-state index < -0.39 is 6.17 Å². The number of aryl methyl sites for hydroxylation is 1. The van der Waals surface area contributed by atoms with Crippen molar-refractivity contribution < 1.29 is 9.13 Å². The van der Waals surface area contributed by atoms with Crippen molar-refractivity contribution in [1.82, 2.24) is 4.90 Å². The molecule has 5 heteroatoms. The smallest absolute Gasteiger partial charge is 0.144 e. The molecule has 136 valence electrons. The van der Waals surface area contributed by atoms with E-state index in [2.05, 4.69) is 0 Å². The maximum absolute atomic E-state index is 14.8. The molecule has 26 heavy (non-hydrogen) atoms. The first-order valence-electron chi connectivity index (χ1n) is 8.41. The quantitative estimate of drug-likeness (QED) is 0.576. The van der Waals surface area contributed by atoms with Crippen molar-refractivity contribution in [3.8, 4) is 5.75 Å². The molecule has 1 aliphatic rings. The molecule has 1 aliphatic heterocycles. The van der Waals surface area contributed by atoms with Crippen molar-refractivity contribution in [3.63, 3.8) is 0 Å². The molecular weight excluding hydrogens is 372 g/mol. The molecule has 0 saturated heterocycles. The summed E-state index contributed by atoms with van der Waals surface area (Å²) < 4.78 is 20.7. The van der Waals surface area contributed by atoms with E-state index in [0.717, 1.165) is 11.3 Å². The van der Waals surface area contributed by atoms with E-state index in [-0.39, 0.29) is 12.6 Å². The van der Waals surface area contributed by atoms with Crippen LogP contribution in [0.25, 0.3) is 0 Å². The molecule has 2 atom stereocenters. The number of hydrogen-bond acceptors (Lipinski definition) is 2. The average molecular weight is 392 g/mol. The van der Waals surface area contributed by atoms with Crippen molar-refractivity contribution in [1.29, 1.82) is 0 Å². The van der Waals surface area contributed by atoms with Crippen LogP contribution < -0.4 is 4.74 Å². The van der Waals surface area contributed by atoms with Crippen molar-refractivity contribution in [2.75, 3.05) is 6.54 Å². The summed E-state index contributed by atoms with van der Waals surface area (Å²) in [6.45, 7) is 4.19. The van der Waals surface area contributed by atoms with Gasteiger partial charge in [0.25, 0.3) is 0 Å². The third-order valence-electron chi connectivity index (χ3n) is 4.25. The Kier molecular flexibility index (Phi) is 5.90. The van der Waals surface area contributed by atoms with E-state index in [0.29, 0.717) is 21.4 Å². The highest BCUT2D eigenvalue weighted by atomic mass is 35.5. The molecule has 2 aromatic carbocycles. The van der Waals surface area contributed by atoms with Gasteiger partial charge in [-0.05, 0) is 49.8 Å². The first-order valence-corrected chi connectivity index (χ1v) is 9.17. The van der Waals surface area contributed by atoms with E-state index in [4.69, 9.17) is 27.9 Å². The molecule has 0 amide bonds. The fourth-order valence-corrected chi connectivity index (χ4v) is 3.33. The van der Waals surface area contributed by atoms with Gasteiger partial charge in [0.2, 0.25) is 0 Å². The summed E-state index contributed by atoms with van der Waals surface area (Å²) in [7, 11) is 0. The van der Waals surface area contributed by atoms with Gasteiger partial charge in [-0.1, -0.05) is 47.5 Å². The monoisotopic (exact) mass is 391 g/mol. The third kappa shape index (κ3) is 4.60. The van der Waals surface area contributed by atoms with Crippen LogP contribution in [0.4, 0.5) is 4.39 Å². The maximum atomic E-state index is 14.8. The molecule has 3 rings (SSSR count). The van der Waals surface area contributed by atoms with Crippen LogP contribution in [0.2, 0.25) is 10.0 Å². The Bertz CT molecular complexity index is 850. The number of alkyl halides is 1. The number of rotatable bonds is 5. The molecule has 0 N–H and O–H groups in total.